The van der Waals surface area contributed by atoms with Crippen LogP contribution in [0.4, 0.5) is 0 Å². The van der Waals surface area contributed by atoms with Crippen molar-refractivity contribution >= 4 is 17.8 Å². The Morgan fingerprint density at radius 1 is 0.920 bits per heavy atom. The summed E-state index contributed by atoms with van der Waals surface area (Å²) >= 11 is 0. The van der Waals surface area contributed by atoms with Gasteiger partial charge in [-0.25, -0.2) is 4.79 Å². The van der Waals surface area contributed by atoms with Crippen LogP contribution in [0.2, 0.25) is 0 Å². The van der Waals surface area contributed by atoms with E-state index in [2.05, 4.69) is 10.9 Å². The minimum Gasteiger partial charge on any atom is -0.450 e. The van der Waals surface area contributed by atoms with Crippen LogP contribution in [0.5, 0.6) is 0 Å². The Labute approximate surface area is 144 Å². The smallest absolute Gasteiger partial charge is 0.340 e. The molecule has 3 N–H and O–H groups in total. The van der Waals surface area contributed by atoms with E-state index in [4.69, 9.17) is 4.74 Å². The van der Waals surface area contributed by atoms with Crippen molar-refractivity contribution in [2.45, 2.75) is 19.1 Å². The molecule has 0 unspecified atom stereocenters. The van der Waals surface area contributed by atoms with Crippen LogP contribution < -0.4 is 10.9 Å². The number of hydrogen-bond donors (Lipinski definition) is 3. The molecular formula is C18H18N2O5. The molecule has 7 nitrogen and oxygen atoms in total. The fourth-order valence-electron chi connectivity index (χ4n) is 1.95. The molecule has 0 radical (unpaired) electrons. The zero-order chi connectivity index (χ0) is 18.2. The van der Waals surface area contributed by atoms with E-state index >= 15 is 0 Å². The third-order valence-electron chi connectivity index (χ3n) is 3.34. The van der Waals surface area contributed by atoms with Gasteiger partial charge in [-0.05, 0) is 24.6 Å². The summed E-state index contributed by atoms with van der Waals surface area (Å²) in [6, 6.07) is 16.5. The summed E-state index contributed by atoms with van der Waals surface area (Å²) in [6.45, 7) is 1.33. The first-order chi connectivity index (χ1) is 12.0. The van der Waals surface area contributed by atoms with Gasteiger partial charge in [-0.1, -0.05) is 48.5 Å². The number of amides is 2. The monoisotopic (exact) mass is 342 g/mol. The number of carbonyl (C=O) groups excluding carboxylic acids is 3. The lowest BCUT2D eigenvalue weighted by Crippen LogP contribution is -2.47. The van der Waals surface area contributed by atoms with Crippen LogP contribution in [-0.4, -0.2) is 29.0 Å². The largest absolute Gasteiger partial charge is 0.450 e. The highest BCUT2D eigenvalue weighted by atomic mass is 16.6. The maximum absolute atomic E-state index is 11.9. The Morgan fingerprint density at radius 3 is 2.08 bits per heavy atom. The summed E-state index contributed by atoms with van der Waals surface area (Å²) in [4.78, 5) is 35.6. The highest BCUT2D eigenvalue weighted by molar-refractivity contribution is 5.95. The summed E-state index contributed by atoms with van der Waals surface area (Å²) < 4.78 is 4.91. The first-order valence-electron chi connectivity index (χ1n) is 7.58. The van der Waals surface area contributed by atoms with E-state index in [0.29, 0.717) is 11.1 Å². The van der Waals surface area contributed by atoms with Crippen LogP contribution >= 0.6 is 0 Å². The van der Waals surface area contributed by atoms with Gasteiger partial charge in [0.15, 0.2) is 12.2 Å². The number of nitrogens with one attached hydrogen (secondary N) is 2. The number of hydrogen-bond acceptors (Lipinski definition) is 5. The van der Waals surface area contributed by atoms with E-state index in [1.165, 1.54) is 6.92 Å². The molecule has 0 fully saturated rings. The SMILES string of the molecule is C[C@@H](OC(=O)[C@@H](O)c1ccccc1)C(=O)NNC(=O)c1ccccc1. The lowest BCUT2D eigenvalue weighted by Gasteiger charge is -2.16. The Bertz CT molecular complexity index is 734. The molecule has 25 heavy (non-hydrogen) atoms. The molecular weight excluding hydrogens is 324 g/mol. The number of esters is 1. The van der Waals surface area contributed by atoms with Gasteiger partial charge in [-0.2, -0.15) is 0 Å². The molecule has 0 saturated carbocycles. The highest BCUT2D eigenvalue weighted by Crippen LogP contribution is 2.14. The summed E-state index contributed by atoms with van der Waals surface area (Å²) in [7, 11) is 0. The summed E-state index contributed by atoms with van der Waals surface area (Å²) in [5, 5.41) is 9.91. The normalized spacial score (nSPS) is 12.6. The van der Waals surface area contributed by atoms with Crippen LogP contribution in [0.1, 0.15) is 28.9 Å². The first-order valence-corrected chi connectivity index (χ1v) is 7.58. The Hall–Kier alpha value is -3.19. The van der Waals surface area contributed by atoms with E-state index in [9.17, 15) is 19.5 Å². The predicted molar refractivity (Wildman–Crippen MR) is 89.0 cm³/mol. The predicted octanol–water partition coefficient (Wildman–Crippen LogP) is 1.11. The second-order valence-electron chi connectivity index (χ2n) is 5.20. The van der Waals surface area contributed by atoms with Gasteiger partial charge in [-0.15, -0.1) is 0 Å². The molecule has 0 heterocycles. The molecule has 2 amide bonds. The molecule has 7 heteroatoms. The van der Waals surface area contributed by atoms with Crippen LogP contribution in [0.15, 0.2) is 60.7 Å². The number of benzene rings is 2. The maximum atomic E-state index is 11.9. The summed E-state index contributed by atoms with van der Waals surface area (Å²) in [6.07, 6.45) is -2.68. The first kappa shape index (κ1) is 18.2. The van der Waals surface area contributed by atoms with Crippen molar-refractivity contribution in [2.24, 2.45) is 0 Å². The second-order valence-corrected chi connectivity index (χ2v) is 5.20. The van der Waals surface area contributed by atoms with Gasteiger partial charge in [0.2, 0.25) is 0 Å². The van der Waals surface area contributed by atoms with E-state index in [-0.39, 0.29) is 0 Å². The zero-order valence-corrected chi connectivity index (χ0v) is 13.5. The van der Waals surface area contributed by atoms with Gasteiger partial charge in [0.05, 0.1) is 0 Å². The van der Waals surface area contributed by atoms with Crippen molar-refractivity contribution in [2.75, 3.05) is 0 Å². The minimum atomic E-state index is -1.49. The van der Waals surface area contributed by atoms with Crippen molar-refractivity contribution in [3.05, 3.63) is 71.8 Å². The lowest BCUT2D eigenvalue weighted by atomic mass is 10.1. The third kappa shape index (κ3) is 5.15. The Morgan fingerprint density at radius 2 is 1.48 bits per heavy atom. The van der Waals surface area contributed by atoms with E-state index < -0.39 is 30.0 Å². The molecule has 2 atom stereocenters. The summed E-state index contributed by atoms with van der Waals surface area (Å²) in [5.74, 6) is -2.18. The molecule has 0 aromatic heterocycles. The maximum Gasteiger partial charge on any atom is 0.340 e. The van der Waals surface area contributed by atoms with E-state index in [0.717, 1.165) is 0 Å². The molecule has 0 bridgehead atoms. The zero-order valence-electron chi connectivity index (χ0n) is 13.5. The number of carbonyl (C=O) groups is 3. The van der Waals surface area contributed by atoms with Crippen molar-refractivity contribution < 1.29 is 24.2 Å². The average Bonchev–Trinajstić information content (AvgIpc) is 2.66. The van der Waals surface area contributed by atoms with Gasteiger partial charge < -0.3 is 9.84 Å². The second kappa shape index (κ2) is 8.60. The van der Waals surface area contributed by atoms with Crippen LogP contribution in [0, 0.1) is 0 Å². The van der Waals surface area contributed by atoms with Crippen molar-refractivity contribution in [1.29, 1.82) is 0 Å². The average molecular weight is 342 g/mol. The number of aliphatic hydroxyl groups excluding tert-OH is 1. The van der Waals surface area contributed by atoms with Crippen molar-refractivity contribution in [1.82, 2.24) is 10.9 Å². The number of hydrazine groups is 1. The quantitative estimate of drug-likeness (QED) is 0.558. The number of rotatable bonds is 5. The van der Waals surface area contributed by atoms with Gasteiger partial charge in [0.25, 0.3) is 11.8 Å². The molecule has 0 aliphatic carbocycles. The number of aliphatic hydroxyl groups is 1. The number of ether oxygens (including phenoxy) is 1. The van der Waals surface area contributed by atoms with E-state index in [1.54, 1.807) is 60.7 Å². The Kier molecular flexibility index (Phi) is 6.25. The molecule has 2 aromatic carbocycles. The van der Waals surface area contributed by atoms with Gasteiger partial charge in [0, 0.05) is 5.56 Å². The lowest BCUT2D eigenvalue weighted by molar-refractivity contribution is -0.163. The molecule has 0 aliphatic heterocycles. The van der Waals surface area contributed by atoms with Crippen molar-refractivity contribution in [3.8, 4) is 0 Å². The van der Waals surface area contributed by atoms with E-state index in [1.807, 2.05) is 0 Å². The standard InChI is InChI=1S/C18H18N2O5/c1-12(25-18(24)15(21)13-8-4-2-5-9-13)16(22)19-20-17(23)14-10-6-3-7-11-14/h2-12,15,21H,1H3,(H,19,22)(H,20,23)/t12-,15+/m1/s1. The van der Waals surface area contributed by atoms with Crippen LogP contribution in [0.25, 0.3) is 0 Å². The molecule has 2 aromatic rings. The van der Waals surface area contributed by atoms with Gasteiger partial charge in [-0.3, -0.25) is 20.4 Å². The van der Waals surface area contributed by atoms with Crippen molar-refractivity contribution in [3.63, 3.8) is 0 Å². The van der Waals surface area contributed by atoms with Gasteiger partial charge in [0.1, 0.15) is 0 Å². The fraction of sp³-hybridized carbons (Fsp3) is 0.167. The van der Waals surface area contributed by atoms with Crippen LogP contribution in [0.3, 0.4) is 0 Å². The molecule has 2 rings (SSSR count). The molecule has 0 saturated heterocycles. The fourth-order valence-corrected chi connectivity index (χ4v) is 1.95. The third-order valence-corrected chi connectivity index (χ3v) is 3.34. The minimum absolute atomic E-state index is 0.359. The molecule has 130 valence electrons. The summed E-state index contributed by atoms with van der Waals surface area (Å²) in [5.41, 5.74) is 5.12. The van der Waals surface area contributed by atoms with Gasteiger partial charge >= 0.3 is 5.97 Å². The van der Waals surface area contributed by atoms with Crippen LogP contribution in [-0.2, 0) is 14.3 Å². The molecule has 0 aliphatic rings. The topological polar surface area (TPSA) is 105 Å². The highest BCUT2D eigenvalue weighted by Gasteiger charge is 2.24. The Balaban J connectivity index is 1.83. The molecule has 0 spiro atoms.